The summed E-state index contributed by atoms with van der Waals surface area (Å²) in [6.45, 7) is 0.508. The van der Waals surface area contributed by atoms with Crippen molar-refractivity contribution in [3.05, 3.63) is 59.3 Å². The van der Waals surface area contributed by atoms with Crippen molar-refractivity contribution < 1.29 is 27.8 Å². The molecule has 0 aliphatic carbocycles. The molecule has 3 aromatic rings. The zero-order valence-corrected chi connectivity index (χ0v) is 15.2. The second-order valence-electron chi connectivity index (χ2n) is 6.16. The SMILES string of the molecule is Cc1[nH]c2ccc(C(=O)OCC(=O)Nc3ccc(OC(F)F)cc3)cc2c1C. The van der Waals surface area contributed by atoms with Crippen LogP contribution in [0.2, 0.25) is 0 Å². The summed E-state index contributed by atoms with van der Waals surface area (Å²) in [5, 5.41) is 3.43. The number of esters is 1. The summed E-state index contributed by atoms with van der Waals surface area (Å²) in [5.41, 5.74) is 3.69. The minimum absolute atomic E-state index is 0.0231. The lowest BCUT2D eigenvalue weighted by molar-refractivity contribution is -0.119. The molecule has 0 aliphatic heterocycles. The first-order valence-electron chi connectivity index (χ1n) is 8.44. The van der Waals surface area contributed by atoms with Crippen LogP contribution in [0.3, 0.4) is 0 Å². The van der Waals surface area contributed by atoms with Crippen molar-refractivity contribution in [1.29, 1.82) is 0 Å². The highest BCUT2D eigenvalue weighted by Crippen LogP contribution is 2.23. The minimum atomic E-state index is -2.92. The van der Waals surface area contributed by atoms with Crippen LogP contribution in [0.25, 0.3) is 10.9 Å². The van der Waals surface area contributed by atoms with Crippen LogP contribution in [0, 0.1) is 13.8 Å². The molecule has 1 amide bonds. The zero-order valence-electron chi connectivity index (χ0n) is 15.2. The number of hydrogen-bond donors (Lipinski definition) is 2. The van der Waals surface area contributed by atoms with Crippen LogP contribution in [0.1, 0.15) is 21.6 Å². The summed E-state index contributed by atoms with van der Waals surface area (Å²) in [4.78, 5) is 27.4. The second-order valence-corrected chi connectivity index (χ2v) is 6.16. The minimum Gasteiger partial charge on any atom is -0.452 e. The lowest BCUT2D eigenvalue weighted by Crippen LogP contribution is -2.20. The molecule has 0 radical (unpaired) electrons. The molecule has 3 rings (SSSR count). The normalized spacial score (nSPS) is 10.9. The summed E-state index contributed by atoms with van der Waals surface area (Å²) >= 11 is 0. The smallest absolute Gasteiger partial charge is 0.387 e. The number of ether oxygens (including phenoxy) is 2. The molecule has 28 heavy (non-hydrogen) atoms. The van der Waals surface area contributed by atoms with Crippen LogP contribution in [0.5, 0.6) is 5.75 Å². The van der Waals surface area contributed by atoms with E-state index in [4.69, 9.17) is 4.74 Å². The monoisotopic (exact) mass is 388 g/mol. The van der Waals surface area contributed by atoms with Gasteiger partial charge in [0.2, 0.25) is 0 Å². The lowest BCUT2D eigenvalue weighted by atomic mass is 10.1. The van der Waals surface area contributed by atoms with Crippen LogP contribution in [0.15, 0.2) is 42.5 Å². The number of rotatable bonds is 6. The van der Waals surface area contributed by atoms with Gasteiger partial charge in [-0.3, -0.25) is 4.79 Å². The molecule has 0 saturated carbocycles. The standard InChI is InChI=1S/C20H18F2N2O4/c1-11-12(2)23-17-8-3-13(9-16(11)17)19(26)27-10-18(25)24-14-4-6-15(7-5-14)28-20(21)22/h3-9,20,23H,10H2,1-2H3,(H,24,25). The fourth-order valence-corrected chi connectivity index (χ4v) is 2.72. The number of hydrogen-bond acceptors (Lipinski definition) is 4. The van der Waals surface area contributed by atoms with Gasteiger partial charge in [0.05, 0.1) is 5.56 Å². The van der Waals surface area contributed by atoms with Gasteiger partial charge in [0.25, 0.3) is 5.91 Å². The third-order valence-electron chi connectivity index (χ3n) is 4.24. The number of aryl methyl sites for hydroxylation is 2. The summed E-state index contributed by atoms with van der Waals surface area (Å²) in [7, 11) is 0. The Kier molecular flexibility index (Phi) is 5.58. The number of carbonyl (C=O) groups excluding carboxylic acids is 2. The number of carbonyl (C=O) groups is 2. The van der Waals surface area contributed by atoms with E-state index in [9.17, 15) is 18.4 Å². The van der Waals surface area contributed by atoms with E-state index in [-0.39, 0.29) is 5.75 Å². The Hall–Kier alpha value is -3.42. The first-order valence-corrected chi connectivity index (χ1v) is 8.44. The molecule has 0 aliphatic rings. The van der Waals surface area contributed by atoms with Crippen molar-refractivity contribution in [2.24, 2.45) is 0 Å². The third kappa shape index (κ3) is 4.46. The van der Waals surface area contributed by atoms with Gasteiger partial charge in [-0.05, 0) is 61.9 Å². The van der Waals surface area contributed by atoms with Gasteiger partial charge in [0, 0.05) is 22.3 Å². The van der Waals surface area contributed by atoms with Gasteiger partial charge in [-0.15, -0.1) is 0 Å². The maximum absolute atomic E-state index is 12.2. The maximum atomic E-state index is 12.2. The van der Waals surface area contributed by atoms with Gasteiger partial charge in [0.15, 0.2) is 6.61 Å². The molecule has 2 aromatic carbocycles. The molecule has 0 atom stereocenters. The maximum Gasteiger partial charge on any atom is 0.387 e. The van der Waals surface area contributed by atoms with E-state index in [1.807, 2.05) is 13.8 Å². The topological polar surface area (TPSA) is 80.4 Å². The van der Waals surface area contributed by atoms with Gasteiger partial charge in [-0.1, -0.05) is 0 Å². The summed E-state index contributed by atoms with van der Waals surface area (Å²) in [5.74, 6) is -1.19. The molecule has 6 nitrogen and oxygen atoms in total. The Morgan fingerprint density at radius 2 is 1.82 bits per heavy atom. The lowest BCUT2D eigenvalue weighted by Gasteiger charge is -2.08. The number of anilines is 1. The molecule has 0 spiro atoms. The van der Waals surface area contributed by atoms with Crippen molar-refractivity contribution in [1.82, 2.24) is 4.98 Å². The number of amides is 1. The number of halogens is 2. The average Bonchev–Trinajstić information content (AvgIpc) is 2.94. The van der Waals surface area contributed by atoms with Crippen molar-refractivity contribution in [3.8, 4) is 5.75 Å². The molecule has 0 saturated heterocycles. The van der Waals surface area contributed by atoms with Gasteiger partial charge in [-0.2, -0.15) is 8.78 Å². The molecular weight excluding hydrogens is 370 g/mol. The summed E-state index contributed by atoms with van der Waals surface area (Å²) in [6, 6.07) is 10.5. The van der Waals surface area contributed by atoms with E-state index >= 15 is 0 Å². The number of H-pyrrole nitrogens is 1. The molecule has 0 unspecified atom stereocenters. The van der Waals surface area contributed by atoms with E-state index in [1.54, 1.807) is 18.2 Å². The highest BCUT2D eigenvalue weighted by atomic mass is 19.3. The third-order valence-corrected chi connectivity index (χ3v) is 4.24. The van der Waals surface area contributed by atoms with Crippen molar-refractivity contribution in [2.45, 2.75) is 20.5 Å². The molecule has 146 valence electrons. The zero-order chi connectivity index (χ0) is 20.3. The van der Waals surface area contributed by atoms with E-state index in [0.717, 1.165) is 22.2 Å². The van der Waals surface area contributed by atoms with Gasteiger partial charge >= 0.3 is 12.6 Å². The van der Waals surface area contributed by atoms with E-state index in [1.165, 1.54) is 24.3 Å². The van der Waals surface area contributed by atoms with Gasteiger partial charge < -0.3 is 19.8 Å². The fourth-order valence-electron chi connectivity index (χ4n) is 2.72. The van der Waals surface area contributed by atoms with Gasteiger partial charge in [0.1, 0.15) is 5.75 Å². The fraction of sp³-hybridized carbons (Fsp3) is 0.200. The largest absolute Gasteiger partial charge is 0.452 e. The predicted molar refractivity (Wildman–Crippen MR) is 99.8 cm³/mol. The van der Waals surface area contributed by atoms with Crippen LogP contribution in [0.4, 0.5) is 14.5 Å². The molecule has 0 fully saturated rings. The molecule has 1 heterocycles. The average molecular weight is 388 g/mol. The second kappa shape index (κ2) is 8.08. The van der Waals surface area contributed by atoms with Gasteiger partial charge in [-0.25, -0.2) is 4.79 Å². The Morgan fingerprint density at radius 3 is 2.50 bits per heavy atom. The Bertz CT molecular complexity index is 1010. The quantitative estimate of drug-likeness (QED) is 0.621. The molecule has 1 aromatic heterocycles. The van der Waals surface area contributed by atoms with Crippen molar-refractivity contribution in [3.63, 3.8) is 0 Å². The molecular formula is C20H18F2N2O4. The highest BCUT2D eigenvalue weighted by molar-refractivity contribution is 5.98. The number of alkyl halides is 2. The molecule has 0 bridgehead atoms. The summed E-state index contributed by atoms with van der Waals surface area (Å²) < 4.78 is 33.5. The Labute approximate surface area is 159 Å². The summed E-state index contributed by atoms with van der Waals surface area (Å²) in [6.07, 6.45) is 0. The van der Waals surface area contributed by atoms with Crippen LogP contribution in [-0.2, 0) is 9.53 Å². The number of aromatic amines is 1. The van der Waals surface area contributed by atoms with E-state index in [0.29, 0.717) is 11.3 Å². The van der Waals surface area contributed by atoms with Crippen molar-refractivity contribution in [2.75, 3.05) is 11.9 Å². The van der Waals surface area contributed by atoms with Crippen molar-refractivity contribution >= 4 is 28.5 Å². The van der Waals surface area contributed by atoms with E-state index in [2.05, 4.69) is 15.0 Å². The predicted octanol–water partition coefficient (Wildman–Crippen LogP) is 4.18. The first kappa shape index (κ1) is 19.3. The van der Waals surface area contributed by atoms with Crippen LogP contribution >= 0.6 is 0 Å². The number of fused-ring (bicyclic) bond motifs is 1. The molecule has 8 heteroatoms. The number of nitrogens with one attached hydrogen (secondary N) is 2. The van der Waals surface area contributed by atoms with Crippen LogP contribution < -0.4 is 10.1 Å². The number of benzene rings is 2. The Morgan fingerprint density at radius 1 is 1.11 bits per heavy atom. The molecule has 2 N–H and O–H groups in total. The Balaban J connectivity index is 1.56. The number of aromatic nitrogens is 1. The van der Waals surface area contributed by atoms with Crippen LogP contribution in [-0.4, -0.2) is 30.1 Å². The first-order chi connectivity index (χ1) is 13.3. The highest BCUT2D eigenvalue weighted by Gasteiger charge is 2.13. The van der Waals surface area contributed by atoms with E-state index < -0.39 is 25.1 Å².